The number of aryl methyl sites for hydroxylation is 1. The second-order valence-corrected chi connectivity index (χ2v) is 9.50. The van der Waals surface area contributed by atoms with Crippen molar-refractivity contribution in [1.29, 1.82) is 0 Å². The molecule has 1 amide bonds. The maximum Gasteiger partial charge on any atom is 0.251 e. The van der Waals surface area contributed by atoms with Crippen molar-refractivity contribution in [3.05, 3.63) is 101 Å². The van der Waals surface area contributed by atoms with Gasteiger partial charge < -0.3 is 5.32 Å². The summed E-state index contributed by atoms with van der Waals surface area (Å²) in [6.07, 6.45) is 2.17. The maximum atomic E-state index is 12.6. The highest BCUT2D eigenvalue weighted by Crippen LogP contribution is 2.21. The fourth-order valence-electron chi connectivity index (χ4n) is 3.33. The van der Waals surface area contributed by atoms with Gasteiger partial charge in [0.15, 0.2) is 0 Å². The largest absolute Gasteiger partial charge is 0.346 e. The Hall–Kier alpha value is -3.12. The van der Waals surface area contributed by atoms with Crippen LogP contribution >= 0.6 is 0 Å². The number of carbonyl (C=O) groups excluding carboxylic acids is 1. The van der Waals surface area contributed by atoms with Gasteiger partial charge in [0.1, 0.15) is 0 Å². The maximum absolute atomic E-state index is 12.6. The number of rotatable bonds is 8. The highest BCUT2D eigenvalue weighted by molar-refractivity contribution is 7.92. The van der Waals surface area contributed by atoms with Crippen LogP contribution in [0, 0.1) is 0 Å². The predicted octanol–water partition coefficient (Wildman–Crippen LogP) is 4.71. The predicted molar refractivity (Wildman–Crippen MR) is 126 cm³/mol. The molecule has 0 unspecified atom stereocenters. The van der Waals surface area contributed by atoms with Gasteiger partial charge in [0.2, 0.25) is 10.0 Å². The van der Waals surface area contributed by atoms with E-state index >= 15 is 0 Å². The van der Waals surface area contributed by atoms with Crippen LogP contribution in [0.15, 0.2) is 78.9 Å². The molecule has 0 heterocycles. The van der Waals surface area contributed by atoms with Crippen molar-refractivity contribution in [1.82, 2.24) is 5.32 Å². The molecule has 6 heteroatoms. The van der Waals surface area contributed by atoms with Gasteiger partial charge in [-0.05, 0) is 54.3 Å². The number of benzene rings is 3. The normalized spacial score (nSPS) is 12.2. The lowest BCUT2D eigenvalue weighted by molar-refractivity contribution is 0.0940. The number of anilines is 1. The van der Waals surface area contributed by atoms with Crippen molar-refractivity contribution in [3.8, 4) is 0 Å². The van der Waals surface area contributed by atoms with Gasteiger partial charge in [-0.25, -0.2) is 8.42 Å². The van der Waals surface area contributed by atoms with Gasteiger partial charge in [-0.2, -0.15) is 0 Å². The van der Waals surface area contributed by atoms with Gasteiger partial charge in [-0.15, -0.1) is 0 Å². The number of hydrogen-bond acceptors (Lipinski definition) is 3. The van der Waals surface area contributed by atoms with Crippen LogP contribution in [0.4, 0.5) is 5.69 Å². The summed E-state index contributed by atoms with van der Waals surface area (Å²) in [6, 6.07) is 24.1. The van der Waals surface area contributed by atoms with Gasteiger partial charge in [0.25, 0.3) is 5.91 Å². The molecular weight excluding hydrogens is 408 g/mol. The first-order valence-electron chi connectivity index (χ1n) is 10.3. The zero-order valence-electron chi connectivity index (χ0n) is 18.1. The van der Waals surface area contributed by atoms with Crippen LogP contribution in [0.1, 0.15) is 46.9 Å². The molecule has 5 nitrogen and oxygen atoms in total. The minimum atomic E-state index is -3.44. The Labute approximate surface area is 184 Å². The number of para-hydroxylation sites is 1. The van der Waals surface area contributed by atoms with E-state index < -0.39 is 10.0 Å². The van der Waals surface area contributed by atoms with Crippen molar-refractivity contribution >= 4 is 21.6 Å². The number of nitrogens with one attached hydrogen (secondary N) is 1. The molecule has 3 aromatic carbocycles. The monoisotopic (exact) mass is 436 g/mol. The highest BCUT2D eigenvalue weighted by Gasteiger charge is 2.18. The second kappa shape index (κ2) is 9.79. The van der Waals surface area contributed by atoms with Gasteiger partial charge in [-0.3, -0.25) is 9.10 Å². The zero-order chi connectivity index (χ0) is 22.4. The van der Waals surface area contributed by atoms with Crippen molar-refractivity contribution < 1.29 is 13.2 Å². The third kappa shape index (κ3) is 5.95. The van der Waals surface area contributed by atoms with Gasteiger partial charge >= 0.3 is 0 Å². The lowest BCUT2D eigenvalue weighted by Crippen LogP contribution is -2.29. The Balaban J connectivity index is 1.69. The fraction of sp³-hybridized carbons (Fsp3) is 0.240. The van der Waals surface area contributed by atoms with E-state index in [9.17, 15) is 13.2 Å². The van der Waals surface area contributed by atoms with E-state index in [1.165, 1.54) is 16.1 Å². The Bertz CT molecular complexity index is 1110. The molecule has 1 atom stereocenters. The molecule has 1 N–H and O–H groups in total. The molecule has 0 bridgehead atoms. The molecule has 0 aliphatic rings. The Morgan fingerprint density at radius 3 is 2.03 bits per heavy atom. The minimum Gasteiger partial charge on any atom is -0.346 e. The molecule has 31 heavy (non-hydrogen) atoms. The third-order valence-corrected chi connectivity index (χ3v) is 6.36. The van der Waals surface area contributed by atoms with Crippen molar-refractivity contribution in [2.24, 2.45) is 0 Å². The molecule has 0 aromatic heterocycles. The first-order valence-corrected chi connectivity index (χ1v) is 12.1. The van der Waals surface area contributed by atoms with Crippen LogP contribution in [-0.2, 0) is 23.0 Å². The molecule has 0 fully saturated rings. The van der Waals surface area contributed by atoms with Crippen LogP contribution in [0.5, 0.6) is 0 Å². The van der Waals surface area contributed by atoms with Crippen molar-refractivity contribution in [2.75, 3.05) is 10.6 Å². The topological polar surface area (TPSA) is 66.5 Å². The molecule has 0 aliphatic carbocycles. The summed E-state index contributed by atoms with van der Waals surface area (Å²) in [4.78, 5) is 12.6. The van der Waals surface area contributed by atoms with Crippen LogP contribution in [-0.4, -0.2) is 20.6 Å². The summed E-state index contributed by atoms with van der Waals surface area (Å²) in [5.41, 5.74) is 4.25. The lowest BCUT2D eigenvalue weighted by atomic mass is 10.0. The summed E-state index contributed by atoms with van der Waals surface area (Å²) >= 11 is 0. The summed E-state index contributed by atoms with van der Waals surface area (Å²) in [7, 11) is -3.44. The molecule has 0 saturated heterocycles. The van der Waals surface area contributed by atoms with Gasteiger partial charge in [0.05, 0.1) is 24.5 Å². The minimum absolute atomic E-state index is 0.114. The van der Waals surface area contributed by atoms with Crippen LogP contribution in [0.3, 0.4) is 0 Å². The molecule has 0 aliphatic heterocycles. The lowest BCUT2D eigenvalue weighted by Gasteiger charge is -2.22. The van der Waals surface area contributed by atoms with Gasteiger partial charge in [-0.1, -0.05) is 61.5 Å². The number of sulfonamides is 1. The summed E-state index contributed by atoms with van der Waals surface area (Å²) in [5.74, 6) is -0.165. The van der Waals surface area contributed by atoms with Crippen LogP contribution < -0.4 is 9.62 Å². The third-order valence-electron chi connectivity index (χ3n) is 5.22. The van der Waals surface area contributed by atoms with E-state index in [1.807, 2.05) is 25.1 Å². The molecular formula is C25H28N2O3S. The summed E-state index contributed by atoms with van der Waals surface area (Å²) in [5, 5.41) is 3.02. The van der Waals surface area contributed by atoms with E-state index in [2.05, 4.69) is 24.4 Å². The molecule has 162 valence electrons. The van der Waals surface area contributed by atoms with E-state index in [-0.39, 0.29) is 18.5 Å². The smallest absolute Gasteiger partial charge is 0.251 e. The first kappa shape index (κ1) is 22.6. The molecule has 0 spiro atoms. The fourth-order valence-corrected chi connectivity index (χ4v) is 4.22. The summed E-state index contributed by atoms with van der Waals surface area (Å²) < 4.78 is 25.9. The number of carbonyl (C=O) groups is 1. The van der Waals surface area contributed by atoms with Crippen LogP contribution in [0.25, 0.3) is 0 Å². The Kier molecular flexibility index (Phi) is 7.13. The van der Waals surface area contributed by atoms with Crippen LogP contribution in [0.2, 0.25) is 0 Å². The average molecular weight is 437 g/mol. The highest BCUT2D eigenvalue weighted by atomic mass is 32.2. The summed E-state index contributed by atoms with van der Waals surface area (Å²) in [6.45, 7) is 4.26. The standard InChI is InChI=1S/C25H28N2O3S/c1-4-20-10-14-22(15-11-20)19(2)26-25(28)23-16-12-21(13-17-23)18-27(31(3,29)30)24-8-6-5-7-9-24/h5-17,19H,4,18H2,1-3H3,(H,26,28)/t19-/m0/s1. The Morgan fingerprint density at radius 2 is 1.48 bits per heavy atom. The quantitative estimate of drug-likeness (QED) is 0.556. The SMILES string of the molecule is CCc1ccc([C@H](C)NC(=O)c2ccc(CN(c3ccccc3)S(C)(=O)=O)cc2)cc1. The molecule has 3 rings (SSSR count). The zero-order valence-corrected chi connectivity index (χ0v) is 18.9. The first-order chi connectivity index (χ1) is 14.8. The van der Waals surface area contributed by atoms with E-state index in [0.29, 0.717) is 11.3 Å². The number of hydrogen-bond donors (Lipinski definition) is 1. The van der Waals surface area contributed by atoms with E-state index in [0.717, 1.165) is 17.5 Å². The molecule has 0 radical (unpaired) electrons. The van der Waals surface area contributed by atoms with Crippen molar-refractivity contribution in [2.45, 2.75) is 32.9 Å². The van der Waals surface area contributed by atoms with E-state index in [1.54, 1.807) is 48.5 Å². The molecule has 0 saturated carbocycles. The number of nitrogens with zero attached hydrogens (tertiary/aromatic N) is 1. The van der Waals surface area contributed by atoms with E-state index in [4.69, 9.17) is 0 Å². The second-order valence-electron chi connectivity index (χ2n) is 7.59. The van der Waals surface area contributed by atoms with Gasteiger partial charge in [0, 0.05) is 5.56 Å². The molecule has 3 aromatic rings. The van der Waals surface area contributed by atoms with Crippen molar-refractivity contribution in [3.63, 3.8) is 0 Å². The number of amides is 1. The Morgan fingerprint density at radius 1 is 0.903 bits per heavy atom. The average Bonchev–Trinajstić information content (AvgIpc) is 2.77.